The van der Waals surface area contributed by atoms with Crippen LogP contribution < -0.4 is 5.43 Å². The molecule has 0 saturated carbocycles. The van der Waals surface area contributed by atoms with E-state index in [4.69, 9.17) is 0 Å². The number of carbonyl (C=O) groups is 1. The maximum atomic E-state index is 14.2. The number of halogens is 4. The third kappa shape index (κ3) is 2.52. The maximum absolute atomic E-state index is 14.2. The van der Waals surface area contributed by atoms with Crippen LogP contribution in [-0.2, 0) is 4.79 Å². The second-order valence-electron chi connectivity index (χ2n) is 5.10. The third-order valence-electron chi connectivity index (χ3n) is 3.66. The van der Waals surface area contributed by atoms with Gasteiger partial charge in [0.2, 0.25) is 5.91 Å². The molecule has 1 aliphatic rings. The van der Waals surface area contributed by atoms with Crippen molar-refractivity contribution in [2.24, 2.45) is 0 Å². The number of hydrogen-bond acceptors (Lipinski definition) is 2. The van der Waals surface area contributed by atoms with Gasteiger partial charge in [-0.15, -0.1) is 0 Å². The van der Waals surface area contributed by atoms with Gasteiger partial charge in [-0.3, -0.25) is 10.2 Å². The van der Waals surface area contributed by atoms with Crippen LogP contribution in [0.1, 0.15) is 18.0 Å². The molecule has 22 heavy (non-hydrogen) atoms. The van der Waals surface area contributed by atoms with E-state index in [-0.39, 0.29) is 18.4 Å². The van der Waals surface area contributed by atoms with Gasteiger partial charge in [-0.1, -0.05) is 30.3 Å². The molecule has 2 aromatic rings. The summed E-state index contributed by atoms with van der Waals surface area (Å²) in [6, 6.07) is 6.54. The molecule has 0 radical (unpaired) electrons. The molecule has 0 aliphatic carbocycles. The Hall–Kier alpha value is -2.15. The molecule has 3 rings (SSSR count). The predicted molar refractivity (Wildman–Crippen MR) is 72.2 cm³/mol. The normalized spacial score (nSPS) is 17.7. The van der Waals surface area contributed by atoms with Crippen molar-refractivity contribution in [3.63, 3.8) is 0 Å². The predicted octanol–water partition coefficient (Wildman–Crippen LogP) is 3.32. The number of nitrogens with one attached hydrogen (secondary N) is 1. The maximum Gasteiger partial charge on any atom is 0.410 e. The van der Waals surface area contributed by atoms with Crippen LogP contribution >= 0.6 is 0 Å². The number of amides is 1. The van der Waals surface area contributed by atoms with Crippen LogP contribution in [0.2, 0.25) is 0 Å². The Labute approximate surface area is 123 Å². The highest BCUT2D eigenvalue weighted by Crippen LogP contribution is 2.41. The lowest BCUT2D eigenvalue weighted by atomic mass is 9.97. The highest BCUT2D eigenvalue weighted by atomic mass is 19.4. The fourth-order valence-corrected chi connectivity index (χ4v) is 2.73. The average molecular weight is 312 g/mol. The minimum absolute atomic E-state index is 0.0427. The van der Waals surface area contributed by atoms with Gasteiger partial charge >= 0.3 is 6.18 Å². The molecule has 7 heteroatoms. The van der Waals surface area contributed by atoms with Crippen molar-refractivity contribution in [2.45, 2.75) is 18.6 Å². The quantitative estimate of drug-likeness (QED) is 0.863. The van der Waals surface area contributed by atoms with Gasteiger partial charge in [0, 0.05) is 18.5 Å². The summed E-state index contributed by atoms with van der Waals surface area (Å²) in [5.41, 5.74) is 1.69. The lowest BCUT2D eigenvalue weighted by Gasteiger charge is -2.30. The molecule has 3 nitrogen and oxygen atoms in total. The van der Waals surface area contributed by atoms with Crippen molar-refractivity contribution in [3.05, 3.63) is 47.8 Å². The highest BCUT2D eigenvalue weighted by molar-refractivity contribution is 5.86. The number of alkyl halides is 3. The molecule has 1 saturated heterocycles. The molecule has 1 N–H and O–H groups in total. The second-order valence-corrected chi connectivity index (χ2v) is 5.10. The van der Waals surface area contributed by atoms with Crippen molar-refractivity contribution >= 4 is 16.7 Å². The molecule has 2 aromatic carbocycles. The van der Waals surface area contributed by atoms with Gasteiger partial charge in [0.15, 0.2) is 6.04 Å². The lowest BCUT2D eigenvalue weighted by molar-refractivity contribution is -0.191. The molecule has 0 aromatic heterocycles. The van der Waals surface area contributed by atoms with Gasteiger partial charge in [-0.2, -0.15) is 13.2 Å². The van der Waals surface area contributed by atoms with E-state index in [1.54, 1.807) is 18.2 Å². The Morgan fingerprint density at radius 2 is 1.86 bits per heavy atom. The van der Waals surface area contributed by atoms with E-state index in [9.17, 15) is 22.4 Å². The molecular formula is C15H12F4N2O. The van der Waals surface area contributed by atoms with Gasteiger partial charge in [-0.05, 0) is 16.8 Å². The summed E-state index contributed by atoms with van der Waals surface area (Å²) in [6.07, 6.45) is -4.76. The molecule has 1 atom stereocenters. The SMILES string of the molecule is O=C1CCN([C@@H](c2c(F)ccc3ccccc23)C(F)(F)F)N1. The zero-order valence-corrected chi connectivity index (χ0v) is 11.3. The van der Waals surface area contributed by atoms with Gasteiger partial charge < -0.3 is 0 Å². The van der Waals surface area contributed by atoms with Crippen molar-refractivity contribution in [2.75, 3.05) is 6.54 Å². The summed E-state index contributed by atoms with van der Waals surface area (Å²) >= 11 is 0. The van der Waals surface area contributed by atoms with E-state index in [1.807, 2.05) is 0 Å². The molecule has 116 valence electrons. The van der Waals surface area contributed by atoms with Crippen molar-refractivity contribution in [1.82, 2.24) is 10.4 Å². The Morgan fingerprint density at radius 3 is 2.50 bits per heavy atom. The molecule has 1 fully saturated rings. The van der Waals surface area contributed by atoms with Crippen LogP contribution in [0.25, 0.3) is 10.8 Å². The largest absolute Gasteiger partial charge is 0.410 e. The molecular weight excluding hydrogens is 300 g/mol. The third-order valence-corrected chi connectivity index (χ3v) is 3.66. The average Bonchev–Trinajstić information content (AvgIpc) is 2.86. The first-order chi connectivity index (χ1) is 10.4. The Kier molecular flexibility index (Phi) is 3.52. The minimum atomic E-state index is -4.72. The zero-order valence-electron chi connectivity index (χ0n) is 11.3. The number of benzene rings is 2. The van der Waals surface area contributed by atoms with Gasteiger partial charge in [0.05, 0.1) is 0 Å². The van der Waals surface area contributed by atoms with Crippen molar-refractivity contribution < 1.29 is 22.4 Å². The number of rotatable bonds is 2. The number of nitrogens with zero attached hydrogens (tertiary/aromatic N) is 1. The van der Waals surface area contributed by atoms with Crippen molar-refractivity contribution in [3.8, 4) is 0 Å². The molecule has 1 heterocycles. The molecule has 1 amide bonds. The number of hydrogen-bond donors (Lipinski definition) is 1. The van der Waals surface area contributed by atoms with E-state index < -0.39 is 29.5 Å². The fourth-order valence-electron chi connectivity index (χ4n) is 2.73. The minimum Gasteiger partial charge on any atom is -0.288 e. The van der Waals surface area contributed by atoms with Crippen LogP contribution in [0.5, 0.6) is 0 Å². The Morgan fingerprint density at radius 1 is 1.14 bits per heavy atom. The first-order valence-electron chi connectivity index (χ1n) is 6.68. The van der Waals surface area contributed by atoms with E-state index >= 15 is 0 Å². The number of carbonyl (C=O) groups excluding carboxylic acids is 1. The van der Waals surface area contributed by atoms with Gasteiger partial charge in [0.25, 0.3) is 0 Å². The standard InChI is InChI=1S/C15H12F4N2O/c16-11-6-5-9-3-1-2-4-10(9)13(11)14(15(17,18)19)21-8-7-12(22)20-21/h1-6,14H,7-8H2,(H,20,22)/t14-/m0/s1. The Bertz CT molecular complexity index is 729. The van der Waals surface area contributed by atoms with E-state index in [0.29, 0.717) is 5.39 Å². The van der Waals surface area contributed by atoms with Crippen molar-refractivity contribution in [1.29, 1.82) is 0 Å². The summed E-state index contributed by atoms with van der Waals surface area (Å²) in [7, 11) is 0. The van der Waals surface area contributed by atoms with E-state index in [0.717, 1.165) is 11.1 Å². The Balaban J connectivity index is 2.20. The van der Waals surface area contributed by atoms with E-state index in [1.165, 1.54) is 12.1 Å². The first kappa shape index (κ1) is 14.8. The van der Waals surface area contributed by atoms with Crippen LogP contribution in [0, 0.1) is 5.82 Å². The fraction of sp³-hybridized carbons (Fsp3) is 0.267. The monoisotopic (exact) mass is 312 g/mol. The lowest BCUT2D eigenvalue weighted by Crippen LogP contribution is -2.44. The smallest absolute Gasteiger partial charge is 0.288 e. The molecule has 1 aliphatic heterocycles. The highest BCUT2D eigenvalue weighted by Gasteiger charge is 2.48. The van der Waals surface area contributed by atoms with Crippen LogP contribution in [-0.4, -0.2) is 23.6 Å². The van der Waals surface area contributed by atoms with Gasteiger partial charge in [-0.25, -0.2) is 9.40 Å². The summed E-state index contributed by atoms with van der Waals surface area (Å²) in [4.78, 5) is 11.3. The first-order valence-corrected chi connectivity index (χ1v) is 6.68. The number of fused-ring (bicyclic) bond motifs is 1. The molecule has 0 bridgehead atoms. The number of hydrazine groups is 1. The zero-order chi connectivity index (χ0) is 15.9. The summed E-state index contributed by atoms with van der Waals surface area (Å²) in [5.74, 6) is -1.45. The van der Waals surface area contributed by atoms with Crippen LogP contribution in [0.15, 0.2) is 36.4 Å². The molecule has 0 spiro atoms. The summed E-state index contributed by atoms with van der Waals surface area (Å²) in [6.45, 7) is -0.119. The molecule has 0 unspecified atom stereocenters. The summed E-state index contributed by atoms with van der Waals surface area (Å²) < 4.78 is 54.8. The van der Waals surface area contributed by atoms with Crippen LogP contribution in [0.4, 0.5) is 17.6 Å². The van der Waals surface area contributed by atoms with Gasteiger partial charge in [0.1, 0.15) is 5.82 Å². The second kappa shape index (κ2) is 5.24. The topological polar surface area (TPSA) is 32.3 Å². The van der Waals surface area contributed by atoms with Crippen LogP contribution in [0.3, 0.4) is 0 Å². The van der Waals surface area contributed by atoms with E-state index in [2.05, 4.69) is 5.43 Å². The summed E-state index contributed by atoms with van der Waals surface area (Å²) in [5, 5.41) is 1.46.